The Labute approximate surface area is 163 Å². The van der Waals surface area contributed by atoms with Crippen molar-refractivity contribution in [2.24, 2.45) is 0 Å². The first-order valence-electron chi connectivity index (χ1n) is 8.83. The van der Waals surface area contributed by atoms with Crippen molar-refractivity contribution < 1.29 is 12.8 Å². The summed E-state index contributed by atoms with van der Waals surface area (Å²) in [5.41, 5.74) is 2.08. The van der Waals surface area contributed by atoms with Gasteiger partial charge in [0.05, 0.1) is 4.90 Å². The molecule has 0 aliphatic carbocycles. The quantitative estimate of drug-likeness (QED) is 0.699. The van der Waals surface area contributed by atoms with E-state index in [1.54, 1.807) is 25.1 Å². The fourth-order valence-electron chi connectivity index (χ4n) is 3.45. The van der Waals surface area contributed by atoms with Gasteiger partial charge in [-0.1, -0.05) is 29.8 Å². The van der Waals surface area contributed by atoms with E-state index < -0.39 is 10.0 Å². The smallest absolute Gasteiger partial charge is 0.298 e. The Morgan fingerprint density at radius 2 is 2.07 bits per heavy atom. The monoisotopic (exact) mass is 405 g/mol. The highest BCUT2D eigenvalue weighted by Gasteiger charge is 2.30. The number of halogens is 1. The SMILES string of the molecule is Cc1c(Cl)cccc1S(=O)(=O)NCC1CCCN1c1nc2ccccc2o1. The first-order chi connectivity index (χ1) is 13.0. The van der Waals surface area contributed by atoms with Crippen LogP contribution >= 0.6 is 11.6 Å². The number of aromatic nitrogens is 1. The molecule has 0 saturated carbocycles. The Bertz CT molecular complexity index is 1050. The number of benzene rings is 2. The average Bonchev–Trinajstić information content (AvgIpc) is 3.28. The Kier molecular flexibility index (Phi) is 4.84. The summed E-state index contributed by atoms with van der Waals surface area (Å²) >= 11 is 6.07. The van der Waals surface area contributed by atoms with Crippen molar-refractivity contribution in [1.82, 2.24) is 9.71 Å². The van der Waals surface area contributed by atoms with Crippen molar-refractivity contribution in [3.8, 4) is 0 Å². The highest BCUT2D eigenvalue weighted by molar-refractivity contribution is 7.89. The number of hydrogen-bond acceptors (Lipinski definition) is 5. The molecule has 8 heteroatoms. The lowest BCUT2D eigenvalue weighted by Crippen LogP contribution is -2.40. The number of hydrogen-bond donors (Lipinski definition) is 1. The van der Waals surface area contributed by atoms with E-state index in [-0.39, 0.29) is 17.5 Å². The normalized spacial score (nSPS) is 17.7. The second-order valence-electron chi connectivity index (χ2n) is 6.67. The molecule has 142 valence electrons. The molecule has 0 bridgehead atoms. The fraction of sp³-hybridized carbons (Fsp3) is 0.316. The average molecular weight is 406 g/mol. The second-order valence-corrected chi connectivity index (χ2v) is 8.81. The first-order valence-corrected chi connectivity index (χ1v) is 10.7. The van der Waals surface area contributed by atoms with Crippen LogP contribution in [0, 0.1) is 6.92 Å². The molecule has 1 aliphatic rings. The highest BCUT2D eigenvalue weighted by atomic mass is 35.5. The Morgan fingerprint density at radius 3 is 2.89 bits per heavy atom. The van der Waals surface area contributed by atoms with Crippen LogP contribution in [0.5, 0.6) is 0 Å². The van der Waals surface area contributed by atoms with E-state index in [4.69, 9.17) is 16.0 Å². The summed E-state index contributed by atoms with van der Waals surface area (Å²) in [5.74, 6) is 0. The fourth-order valence-corrected chi connectivity index (χ4v) is 5.01. The molecule has 0 spiro atoms. The van der Waals surface area contributed by atoms with Crippen molar-refractivity contribution in [3.63, 3.8) is 0 Å². The van der Waals surface area contributed by atoms with Gasteiger partial charge in [0.2, 0.25) is 10.0 Å². The second kappa shape index (κ2) is 7.14. The van der Waals surface area contributed by atoms with Crippen LogP contribution in [0.3, 0.4) is 0 Å². The molecule has 1 N–H and O–H groups in total. The van der Waals surface area contributed by atoms with Gasteiger partial charge in [0.15, 0.2) is 5.58 Å². The molecule has 27 heavy (non-hydrogen) atoms. The summed E-state index contributed by atoms with van der Waals surface area (Å²) in [4.78, 5) is 6.78. The summed E-state index contributed by atoms with van der Waals surface area (Å²) in [5, 5.41) is 0.437. The Hall–Kier alpha value is -2.09. The number of sulfonamides is 1. The maximum atomic E-state index is 12.7. The molecule has 0 amide bonds. The number of fused-ring (bicyclic) bond motifs is 1. The zero-order valence-corrected chi connectivity index (χ0v) is 16.4. The van der Waals surface area contributed by atoms with Gasteiger partial charge in [-0.05, 0) is 49.6 Å². The molecule has 1 fully saturated rings. The molecular weight excluding hydrogens is 386 g/mol. The maximum absolute atomic E-state index is 12.7. The molecule has 1 saturated heterocycles. The van der Waals surface area contributed by atoms with Crippen LogP contribution in [-0.4, -0.2) is 32.5 Å². The largest absolute Gasteiger partial charge is 0.423 e. The third-order valence-corrected chi connectivity index (χ3v) is 6.90. The van der Waals surface area contributed by atoms with E-state index in [1.807, 2.05) is 29.2 Å². The summed E-state index contributed by atoms with van der Waals surface area (Å²) in [7, 11) is -3.64. The summed E-state index contributed by atoms with van der Waals surface area (Å²) < 4.78 is 34.0. The van der Waals surface area contributed by atoms with E-state index in [9.17, 15) is 8.42 Å². The molecule has 4 rings (SSSR count). The number of oxazole rings is 1. The van der Waals surface area contributed by atoms with Crippen LogP contribution in [0.1, 0.15) is 18.4 Å². The number of para-hydroxylation sites is 2. The number of nitrogens with zero attached hydrogens (tertiary/aromatic N) is 2. The topological polar surface area (TPSA) is 75.4 Å². The predicted octanol–water partition coefficient (Wildman–Crippen LogP) is 3.74. The molecule has 2 aromatic carbocycles. The molecular formula is C19H20ClN3O3S. The molecule has 1 aliphatic heterocycles. The summed E-state index contributed by atoms with van der Waals surface area (Å²) in [6.07, 6.45) is 1.83. The zero-order chi connectivity index (χ0) is 19.0. The molecule has 1 atom stereocenters. The molecule has 1 aromatic heterocycles. The maximum Gasteiger partial charge on any atom is 0.298 e. The van der Waals surface area contributed by atoms with E-state index in [0.717, 1.165) is 30.5 Å². The number of anilines is 1. The third kappa shape index (κ3) is 3.54. The van der Waals surface area contributed by atoms with Gasteiger partial charge in [-0.15, -0.1) is 0 Å². The molecule has 2 heterocycles. The molecule has 3 aromatic rings. The van der Waals surface area contributed by atoms with Crippen LogP contribution in [0.25, 0.3) is 11.1 Å². The third-order valence-electron chi connectivity index (χ3n) is 4.92. The van der Waals surface area contributed by atoms with Crippen LogP contribution in [0.4, 0.5) is 6.01 Å². The van der Waals surface area contributed by atoms with E-state index in [1.165, 1.54) is 0 Å². The van der Waals surface area contributed by atoms with Gasteiger partial charge < -0.3 is 9.32 Å². The predicted molar refractivity (Wildman–Crippen MR) is 106 cm³/mol. The van der Waals surface area contributed by atoms with Gasteiger partial charge in [-0.25, -0.2) is 13.1 Å². The Balaban J connectivity index is 1.52. The lowest BCUT2D eigenvalue weighted by Gasteiger charge is -2.23. The van der Waals surface area contributed by atoms with Crippen molar-refractivity contribution in [2.45, 2.75) is 30.7 Å². The van der Waals surface area contributed by atoms with Gasteiger partial charge >= 0.3 is 0 Å². The van der Waals surface area contributed by atoms with E-state index in [2.05, 4.69) is 9.71 Å². The summed E-state index contributed by atoms with van der Waals surface area (Å²) in [6.45, 7) is 2.78. The van der Waals surface area contributed by atoms with Crippen LogP contribution in [0.15, 0.2) is 51.8 Å². The zero-order valence-electron chi connectivity index (χ0n) is 14.9. The number of nitrogens with one attached hydrogen (secondary N) is 1. The van der Waals surface area contributed by atoms with Gasteiger partial charge in [0.25, 0.3) is 6.01 Å². The number of rotatable bonds is 5. The molecule has 0 radical (unpaired) electrons. The van der Waals surface area contributed by atoms with Gasteiger partial charge in [-0.2, -0.15) is 4.98 Å². The minimum atomic E-state index is -3.64. The van der Waals surface area contributed by atoms with Crippen molar-refractivity contribution >= 4 is 38.7 Å². The standard InChI is InChI=1S/C19H20ClN3O3S/c1-13-15(20)7-4-10-18(13)27(24,25)21-12-14-6-5-11-23(14)19-22-16-8-2-3-9-17(16)26-19/h2-4,7-10,14,21H,5-6,11-12H2,1H3. The van der Waals surface area contributed by atoms with Gasteiger partial charge in [0, 0.05) is 24.2 Å². The van der Waals surface area contributed by atoms with Crippen molar-refractivity contribution in [3.05, 3.63) is 53.1 Å². The van der Waals surface area contributed by atoms with Crippen molar-refractivity contribution in [2.75, 3.05) is 18.0 Å². The molecule has 1 unspecified atom stereocenters. The van der Waals surface area contributed by atoms with Gasteiger partial charge in [0.1, 0.15) is 5.52 Å². The van der Waals surface area contributed by atoms with Gasteiger partial charge in [-0.3, -0.25) is 0 Å². The van der Waals surface area contributed by atoms with Crippen LogP contribution in [0.2, 0.25) is 5.02 Å². The molecule has 6 nitrogen and oxygen atoms in total. The first kappa shape index (κ1) is 18.3. The highest BCUT2D eigenvalue weighted by Crippen LogP contribution is 2.28. The minimum absolute atomic E-state index is 0.00710. The van der Waals surface area contributed by atoms with Crippen molar-refractivity contribution in [1.29, 1.82) is 0 Å². The van der Waals surface area contributed by atoms with Crippen LogP contribution < -0.4 is 9.62 Å². The van der Waals surface area contributed by atoms with E-state index in [0.29, 0.717) is 16.6 Å². The summed E-state index contributed by atoms with van der Waals surface area (Å²) in [6, 6.07) is 13.0. The Morgan fingerprint density at radius 1 is 1.26 bits per heavy atom. The van der Waals surface area contributed by atoms with Crippen LogP contribution in [-0.2, 0) is 10.0 Å². The lowest BCUT2D eigenvalue weighted by atomic mass is 10.2. The van der Waals surface area contributed by atoms with E-state index >= 15 is 0 Å². The lowest BCUT2D eigenvalue weighted by molar-refractivity contribution is 0.533. The minimum Gasteiger partial charge on any atom is -0.423 e.